The molecule has 1 unspecified atom stereocenters. The van der Waals surface area contributed by atoms with Gasteiger partial charge >= 0.3 is 0 Å². The lowest BCUT2D eigenvalue weighted by Crippen LogP contribution is -2.50. The number of aliphatic hydroxyl groups excluding tert-OH is 1. The summed E-state index contributed by atoms with van der Waals surface area (Å²) in [5.74, 6) is 0.415. The van der Waals surface area contributed by atoms with Crippen LogP contribution in [0.4, 0.5) is 10.2 Å². The number of nitrogens with zero attached hydrogens (tertiary/aromatic N) is 3. The highest BCUT2D eigenvalue weighted by Crippen LogP contribution is 2.43. The SMILES string of the molecule is O=C1N([C@H]2CC[C@H](O)CC2)CCC12CCCN(c1cccc(F)n1)C2. The Morgan fingerprint density at radius 3 is 2.72 bits per heavy atom. The summed E-state index contributed by atoms with van der Waals surface area (Å²) in [5, 5.41) is 9.71. The van der Waals surface area contributed by atoms with Crippen LogP contribution in [0.3, 0.4) is 0 Å². The van der Waals surface area contributed by atoms with Crippen molar-refractivity contribution in [2.75, 3.05) is 24.5 Å². The molecule has 1 atom stereocenters. The van der Waals surface area contributed by atoms with Crippen LogP contribution in [0.25, 0.3) is 0 Å². The van der Waals surface area contributed by atoms with Gasteiger partial charge in [0.25, 0.3) is 0 Å². The average Bonchev–Trinajstić information content (AvgIpc) is 2.92. The van der Waals surface area contributed by atoms with Gasteiger partial charge < -0.3 is 14.9 Å². The Bertz CT molecular complexity index is 647. The average molecular weight is 347 g/mol. The molecule has 3 aliphatic rings. The maximum absolute atomic E-state index is 13.5. The molecule has 3 heterocycles. The molecule has 0 radical (unpaired) electrons. The summed E-state index contributed by atoms with van der Waals surface area (Å²) < 4.78 is 13.5. The molecular formula is C19H26FN3O2. The number of likely N-dealkylation sites (tertiary alicyclic amines) is 1. The van der Waals surface area contributed by atoms with E-state index in [4.69, 9.17) is 0 Å². The molecule has 1 N–H and O–H groups in total. The van der Waals surface area contributed by atoms with Crippen molar-refractivity contribution in [3.63, 3.8) is 0 Å². The van der Waals surface area contributed by atoms with E-state index >= 15 is 0 Å². The highest BCUT2D eigenvalue weighted by molar-refractivity contribution is 5.86. The van der Waals surface area contributed by atoms with Crippen LogP contribution in [0, 0.1) is 11.4 Å². The Morgan fingerprint density at radius 2 is 1.96 bits per heavy atom. The molecule has 1 aromatic rings. The third kappa shape index (κ3) is 3.12. The molecule has 4 rings (SSSR count). The van der Waals surface area contributed by atoms with Crippen LogP contribution in [0.15, 0.2) is 18.2 Å². The molecule has 5 nitrogen and oxygen atoms in total. The van der Waals surface area contributed by atoms with Gasteiger partial charge in [0.1, 0.15) is 5.82 Å². The van der Waals surface area contributed by atoms with Gasteiger partial charge in [-0.15, -0.1) is 0 Å². The van der Waals surface area contributed by atoms with Crippen molar-refractivity contribution in [3.8, 4) is 0 Å². The fraction of sp³-hybridized carbons (Fsp3) is 0.684. The zero-order chi connectivity index (χ0) is 17.4. The minimum Gasteiger partial charge on any atom is -0.393 e. The number of rotatable bonds is 2. The molecule has 1 amide bonds. The number of carbonyl (C=O) groups is 1. The quantitative estimate of drug-likeness (QED) is 0.835. The van der Waals surface area contributed by atoms with Crippen molar-refractivity contribution >= 4 is 11.7 Å². The second-order valence-electron chi connectivity index (χ2n) is 7.83. The van der Waals surface area contributed by atoms with E-state index in [0.717, 1.165) is 58.0 Å². The maximum Gasteiger partial charge on any atom is 0.230 e. The molecule has 1 aliphatic carbocycles. The van der Waals surface area contributed by atoms with Gasteiger partial charge in [0.2, 0.25) is 11.9 Å². The second-order valence-corrected chi connectivity index (χ2v) is 7.83. The first-order valence-corrected chi connectivity index (χ1v) is 9.44. The van der Waals surface area contributed by atoms with Crippen LogP contribution in [-0.4, -0.2) is 52.7 Å². The summed E-state index contributed by atoms with van der Waals surface area (Å²) in [7, 11) is 0. The highest BCUT2D eigenvalue weighted by Gasteiger charge is 2.50. The van der Waals surface area contributed by atoms with Crippen LogP contribution in [0.5, 0.6) is 0 Å². The third-order valence-corrected chi connectivity index (χ3v) is 6.25. The van der Waals surface area contributed by atoms with Gasteiger partial charge in [0.05, 0.1) is 11.5 Å². The number of halogens is 1. The number of amides is 1. The molecule has 1 aromatic heterocycles. The minimum absolute atomic E-state index is 0.202. The van der Waals surface area contributed by atoms with Gasteiger partial charge in [-0.3, -0.25) is 4.79 Å². The number of carbonyl (C=O) groups excluding carboxylic acids is 1. The predicted octanol–water partition coefficient (Wildman–Crippen LogP) is 2.34. The van der Waals surface area contributed by atoms with Crippen molar-refractivity contribution in [1.82, 2.24) is 9.88 Å². The van der Waals surface area contributed by atoms with E-state index in [1.807, 2.05) is 6.07 Å². The topological polar surface area (TPSA) is 56.7 Å². The van der Waals surface area contributed by atoms with E-state index in [0.29, 0.717) is 12.4 Å². The summed E-state index contributed by atoms with van der Waals surface area (Å²) in [5.41, 5.74) is -0.345. The summed E-state index contributed by atoms with van der Waals surface area (Å²) in [6, 6.07) is 5.12. The molecule has 0 bridgehead atoms. The third-order valence-electron chi connectivity index (χ3n) is 6.25. The smallest absolute Gasteiger partial charge is 0.230 e. The maximum atomic E-state index is 13.5. The lowest BCUT2D eigenvalue weighted by Gasteiger charge is -2.41. The number of hydrogen-bond donors (Lipinski definition) is 1. The first-order valence-electron chi connectivity index (χ1n) is 9.44. The Kier molecular flexibility index (Phi) is 4.40. The molecule has 0 aromatic carbocycles. The Balaban J connectivity index is 1.49. The van der Waals surface area contributed by atoms with Gasteiger partial charge in [-0.2, -0.15) is 4.39 Å². The fourth-order valence-corrected chi connectivity index (χ4v) is 4.85. The summed E-state index contributed by atoms with van der Waals surface area (Å²) >= 11 is 0. The number of aromatic nitrogens is 1. The summed E-state index contributed by atoms with van der Waals surface area (Å²) in [6.45, 7) is 2.26. The lowest BCUT2D eigenvalue weighted by atomic mass is 9.78. The summed E-state index contributed by atoms with van der Waals surface area (Å²) in [6.07, 6.45) is 5.89. The molecule has 1 spiro atoms. The number of pyridine rings is 1. The van der Waals surface area contributed by atoms with Gasteiger partial charge in [-0.1, -0.05) is 6.07 Å². The second kappa shape index (κ2) is 6.56. The number of piperidine rings is 1. The lowest BCUT2D eigenvalue weighted by molar-refractivity contribution is -0.139. The van der Waals surface area contributed by atoms with E-state index in [1.54, 1.807) is 6.07 Å². The van der Waals surface area contributed by atoms with Gasteiger partial charge in [-0.25, -0.2) is 4.98 Å². The Hall–Kier alpha value is -1.69. The van der Waals surface area contributed by atoms with Crippen LogP contribution in [0.2, 0.25) is 0 Å². The first kappa shape index (κ1) is 16.8. The van der Waals surface area contributed by atoms with Gasteiger partial charge in [0.15, 0.2) is 0 Å². The van der Waals surface area contributed by atoms with E-state index in [9.17, 15) is 14.3 Å². The normalized spacial score (nSPS) is 33.3. The Morgan fingerprint density at radius 1 is 1.16 bits per heavy atom. The number of hydrogen-bond acceptors (Lipinski definition) is 4. The largest absolute Gasteiger partial charge is 0.393 e. The van der Waals surface area contributed by atoms with Crippen LogP contribution < -0.4 is 4.90 Å². The molecule has 6 heteroatoms. The van der Waals surface area contributed by atoms with Crippen LogP contribution in [0.1, 0.15) is 44.9 Å². The Labute approximate surface area is 147 Å². The zero-order valence-corrected chi connectivity index (χ0v) is 14.5. The van der Waals surface area contributed by atoms with Crippen molar-refractivity contribution < 1.29 is 14.3 Å². The minimum atomic E-state index is -0.475. The van der Waals surface area contributed by atoms with Gasteiger partial charge in [0, 0.05) is 25.7 Å². The monoisotopic (exact) mass is 347 g/mol. The van der Waals surface area contributed by atoms with Crippen molar-refractivity contribution in [2.24, 2.45) is 5.41 Å². The molecule has 2 aliphatic heterocycles. The molecule has 2 saturated heterocycles. The highest BCUT2D eigenvalue weighted by atomic mass is 19.1. The predicted molar refractivity (Wildman–Crippen MR) is 92.7 cm³/mol. The van der Waals surface area contributed by atoms with E-state index < -0.39 is 5.95 Å². The molecule has 136 valence electrons. The van der Waals surface area contributed by atoms with Gasteiger partial charge in [-0.05, 0) is 57.1 Å². The summed E-state index contributed by atoms with van der Waals surface area (Å²) in [4.78, 5) is 21.4. The van der Waals surface area contributed by atoms with E-state index in [2.05, 4.69) is 14.8 Å². The van der Waals surface area contributed by atoms with E-state index in [-0.39, 0.29) is 23.5 Å². The molecular weight excluding hydrogens is 321 g/mol. The zero-order valence-electron chi connectivity index (χ0n) is 14.5. The van der Waals surface area contributed by atoms with Crippen molar-refractivity contribution in [1.29, 1.82) is 0 Å². The number of aliphatic hydroxyl groups is 1. The van der Waals surface area contributed by atoms with Crippen LogP contribution >= 0.6 is 0 Å². The first-order chi connectivity index (χ1) is 12.1. The van der Waals surface area contributed by atoms with E-state index in [1.165, 1.54) is 6.07 Å². The van der Waals surface area contributed by atoms with Crippen LogP contribution in [-0.2, 0) is 4.79 Å². The van der Waals surface area contributed by atoms with Crippen molar-refractivity contribution in [3.05, 3.63) is 24.1 Å². The standard InChI is InChI=1S/C19H26FN3O2/c20-16-3-1-4-17(21-16)22-11-2-9-19(13-22)10-12-23(18(19)25)14-5-7-15(24)8-6-14/h1,3-4,14-15,24H,2,5-13H2/t14-,15-,19?. The fourth-order valence-electron chi connectivity index (χ4n) is 4.85. The number of anilines is 1. The molecule has 3 fully saturated rings. The molecule has 1 saturated carbocycles. The van der Waals surface area contributed by atoms with Crippen molar-refractivity contribution in [2.45, 2.75) is 57.1 Å². The molecule has 25 heavy (non-hydrogen) atoms.